The largest absolute Gasteiger partial charge is 0.399 e. The Balaban J connectivity index is 2.19. The molecule has 6 heteroatoms. The molecule has 0 saturated carbocycles. The summed E-state index contributed by atoms with van der Waals surface area (Å²) in [6, 6.07) is 8.89. The highest BCUT2D eigenvalue weighted by molar-refractivity contribution is 5.50. The van der Waals surface area contributed by atoms with Crippen LogP contribution in [0.5, 0.6) is 0 Å². The minimum atomic E-state index is -0.407. The molecule has 1 atom stereocenters. The van der Waals surface area contributed by atoms with Crippen LogP contribution in [-0.2, 0) is 0 Å². The second-order valence-electron chi connectivity index (χ2n) is 4.65. The van der Waals surface area contributed by atoms with Gasteiger partial charge in [-0.05, 0) is 31.5 Å². The molecule has 0 spiro atoms. The fourth-order valence-corrected chi connectivity index (χ4v) is 1.88. The minimum absolute atomic E-state index is 0.0228. The fourth-order valence-electron chi connectivity index (χ4n) is 1.88. The van der Waals surface area contributed by atoms with Crippen molar-refractivity contribution in [1.29, 1.82) is 0 Å². The molecule has 1 aromatic heterocycles. The third-order valence-electron chi connectivity index (χ3n) is 3.07. The molecule has 0 saturated heterocycles. The smallest absolute Gasteiger partial charge is 0.277 e. The van der Waals surface area contributed by atoms with Crippen molar-refractivity contribution < 1.29 is 4.92 Å². The molecule has 0 radical (unpaired) electrons. The van der Waals surface area contributed by atoms with Gasteiger partial charge in [0.15, 0.2) is 0 Å². The third-order valence-corrected chi connectivity index (χ3v) is 3.07. The van der Waals surface area contributed by atoms with Crippen molar-refractivity contribution in [2.75, 3.05) is 11.1 Å². The zero-order chi connectivity index (χ0) is 14.7. The van der Waals surface area contributed by atoms with Gasteiger partial charge in [-0.2, -0.15) is 0 Å². The summed E-state index contributed by atoms with van der Waals surface area (Å²) in [7, 11) is 0. The highest BCUT2D eigenvalue weighted by atomic mass is 16.6. The van der Waals surface area contributed by atoms with Crippen LogP contribution < -0.4 is 11.1 Å². The van der Waals surface area contributed by atoms with E-state index in [1.165, 1.54) is 12.3 Å². The Morgan fingerprint density at radius 3 is 2.60 bits per heavy atom. The van der Waals surface area contributed by atoms with Crippen molar-refractivity contribution in [2.45, 2.75) is 19.9 Å². The summed E-state index contributed by atoms with van der Waals surface area (Å²) in [4.78, 5) is 14.7. The predicted octanol–water partition coefficient (Wildman–Crippen LogP) is 3.05. The van der Waals surface area contributed by atoms with E-state index in [1.807, 2.05) is 31.2 Å². The van der Waals surface area contributed by atoms with Crippen LogP contribution in [0.15, 0.2) is 36.5 Å². The standard InChI is InChI=1S/C14H16N4O2/c1-9-8-16-14(7-13(9)18(19)20)17-10(2)11-3-5-12(15)6-4-11/h3-8,10H,15H2,1-2H3,(H,16,17). The number of hydrogen-bond donors (Lipinski definition) is 2. The first kappa shape index (κ1) is 13.8. The molecule has 0 aliphatic rings. The Morgan fingerprint density at radius 2 is 2.00 bits per heavy atom. The van der Waals surface area contributed by atoms with Gasteiger partial charge < -0.3 is 11.1 Å². The number of nitrogens with zero attached hydrogens (tertiary/aromatic N) is 2. The summed E-state index contributed by atoms with van der Waals surface area (Å²) in [5, 5.41) is 14.0. The molecule has 2 rings (SSSR count). The van der Waals surface area contributed by atoms with E-state index in [0.29, 0.717) is 17.1 Å². The summed E-state index contributed by atoms with van der Waals surface area (Å²) in [5.74, 6) is 0.478. The number of nitrogens with one attached hydrogen (secondary N) is 1. The van der Waals surface area contributed by atoms with Crippen LogP contribution >= 0.6 is 0 Å². The van der Waals surface area contributed by atoms with Gasteiger partial charge in [-0.1, -0.05) is 12.1 Å². The molecule has 1 aromatic carbocycles. The second kappa shape index (κ2) is 5.56. The van der Waals surface area contributed by atoms with Gasteiger partial charge in [-0.3, -0.25) is 10.1 Å². The molecule has 20 heavy (non-hydrogen) atoms. The van der Waals surface area contributed by atoms with Gasteiger partial charge in [0.25, 0.3) is 5.69 Å². The van der Waals surface area contributed by atoms with Crippen LogP contribution in [0.4, 0.5) is 17.2 Å². The van der Waals surface area contributed by atoms with Gasteiger partial charge in [0.2, 0.25) is 0 Å². The maximum Gasteiger partial charge on any atom is 0.277 e. The van der Waals surface area contributed by atoms with Gasteiger partial charge in [0.05, 0.1) is 11.0 Å². The summed E-state index contributed by atoms with van der Waals surface area (Å²) in [5.41, 5.74) is 7.98. The number of rotatable bonds is 4. The average Bonchev–Trinajstić information content (AvgIpc) is 2.41. The number of anilines is 2. The van der Waals surface area contributed by atoms with Crippen LogP contribution in [-0.4, -0.2) is 9.91 Å². The first-order valence-corrected chi connectivity index (χ1v) is 6.20. The maximum atomic E-state index is 10.9. The SMILES string of the molecule is Cc1cnc(NC(C)c2ccc(N)cc2)cc1[N+](=O)[O-]. The van der Waals surface area contributed by atoms with Crippen LogP contribution in [0.3, 0.4) is 0 Å². The topological polar surface area (TPSA) is 94.1 Å². The number of aryl methyl sites for hydroxylation is 1. The molecule has 0 fully saturated rings. The molecular formula is C14H16N4O2. The lowest BCUT2D eigenvalue weighted by atomic mass is 10.1. The number of nitrogens with two attached hydrogens (primary N) is 1. The van der Waals surface area contributed by atoms with Crippen LogP contribution in [0, 0.1) is 17.0 Å². The molecule has 0 aliphatic carbocycles. The third kappa shape index (κ3) is 3.03. The first-order chi connectivity index (χ1) is 9.47. The van der Waals surface area contributed by atoms with E-state index in [1.54, 1.807) is 6.92 Å². The number of aromatic nitrogens is 1. The fraction of sp³-hybridized carbons (Fsp3) is 0.214. The Bertz CT molecular complexity index is 626. The van der Waals surface area contributed by atoms with Crippen molar-refractivity contribution in [3.8, 4) is 0 Å². The molecule has 0 aliphatic heterocycles. The lowest BCUT2D eigenvalue weighted by Crippen LogP contribution is -2.08. The van der Waals surface area contributed by atoms with Gasteiger partial charge in [-0.25, -0.2) is 4.98 Å². The molecule has 6 nitrogen and oxygen atoms in total. The first-order valence-electron chi connectivity index (χ1n) is 6.20. The molecule has 0 bridgehead atoms. The quantitative estimate of drug-likeness (QED) is 0.506. The van der Waals surface area contributed by atoms with E-state index in [2.05, 4.69) is 10.3 Å². The van der Waals surface area contributed by atoms with Crippen molar-refractivity contribution in [3.05, 3.63) is 57.8 Å². The number of hydrogen-bond acceptors (Lipinski definition) is 5. The Morgan fingerprint density at radius 1 is 1.35 bits per heavy atom. The van der Waals surface area contributed by atoms with Gasteiger partial charge in [0.1, 0.15) is 5.82 Å². The monoisotopic (exact) mass is 272 g/mol. The molecular weight excluding hydrogens is 256 g/mol. The van der Waals surface area contributed by atoms with Crippen molar-refractivity contribution in [2.24, 2.45) is 0 Å². The van der Waals surface area contributed by atoms with E-state index in [9.17, 15) is 10.1 Å². The maximum absolute atomic E-state index is 10.9. The molecule has 3 N–H and O–H groups in total. The van der Waals surface area contributed by atoms with Crippen LogP contribution in [0.2, 0.25) is 0 Å². The Hall–Kier alpha value is -2.63. The normalized spacial score (nSPS) is 11.9. The van der Waals surface area contributed by atoms with Gasteiger partial charge >= 0.3 is 0 Å². The molecule has 1 unspecified atom stereocenters. The lowest BCUT2D eigenvalue weighted by molar-refractivity contribution is -0.385. The van der Waals surface area contributed by atoms with E-state index in [0.717, 1.165) is 5.56 Å². The summed E-state index contributed by atoms with van der Waals surface area (Å²) in [6.45, 7) is 3.62. The van der Waals surface area contributed by atoms with Crippen molar-refractivity contribution >= 4 is 17.2 Å². The number of benzene rings is 1. The minimum Gasteiger partial charge on any atom is -0.399 e. The number of nitrogen functional groups attached to an aromatic ring is 1. The second-order valence-corrected chi connectivity index (χ2v) is 4.65. The molecule has 104 valence electrons. The number of pyridine rings is 1. The van der Waals surface area contributed by atoms with Crippen molar-refractivity contribution in [3.63, 3.8) is 0 Å². The van der Waals surface area contributed by atoms with E-state index in [4.69, 9.17) is 5.73 Å². The summed E-state index contributed by atoms with van der Waals surface area (Å²) in [6.07, 6.45) is 1.50. The van der Waals surface area contributed by atoms with Gasteiger partial charge in [0, 0.05) is 23.5 Å². The Labute approximate surface area is 116 Å². The molecule has 2 aromatic rings. The van der Waals surface area contributed by atoms with E-state index < -0.39 is 4.92 Å². The number of nitro groups is 1. The van der Waals surface area contributed by atoms with Gasteiger partial charge in [-0.15, -0.1) is 0 Å². The van der Waals surface area contributed by atoms with Crippen molar-refractivity contribution in [1.82, 2.24) is 4.98 Å². The zero-order valence-corrected chi connectivity index (χ0v) is 11.3. The molecule has 0 amide bonds. The van der Waals surface area contributed by atoms with E-state index in [-0.39, 0.29) is 11.7 Å². The van der Waals surface area contributed by atoms with Crippen LogP contribution in [0.1, 0.15) is 24.1 Å². The highest BCUT2D eigenvalue weighted by Gasteiger charge is 2.13. The highest BCUT2D eigenvalue weighted by Crippen LogP contribution is 2.23. The summed E-state index contributed by atoms with van der Waals surface area (Å²) < 4.78 is 0. The summed E-state index contributed by atoms with van der Waals surface area (Å²) >= 11 is 0. The average molecular weight is 272 g/mol. The zero-order valence-electron chi connectivity index (χ0n) is 11.3. The Kier molecular flexibility index (Phi) is 3.84. The molecule has 1 heterocycles. The lowest BCUT2D eigenvalue weighted by Gasteiger charge is -2.15. The van der Waals surface area contributed by atoms with Crippen LogP contribution in [0.25, 0.3) is 0 Å². The van der Waals surface area contributed by atoms with E-state index >= 15 is 0 Å². The predicted molar refractivity (Wildman–Crippen MR) is 78.5 cm³/mol.